The monoisotopic (exact) mass is 406 g/mol. The van der Waals surface area contributed by atoms with Crippen LogP contribution < -0.4 is 21.0 Å². The minimum absolute atomic E-state index is 0.167. The third-order valence-electron chi connectivity index (χ3n) is 4.76. The maximum absolute atomic E-state index is 12.4. The molecule has 0 aliphatic rings. The van der Waals surface area contributed by atoms with E-state index in [0.717, 1.165) is 10.9 Å². The fourth-order valence-electron chi connectivity index (χ4n) is 3.14. The summed E-state index contributed by atoms with van der Waals surface area (Å²) in [6.45, 7) is 2.64. The van der Waals surface area contributed by atoms with E-state index in [1.165, 1.54) is 0 Å². The molecule has 0 aliphatic heterocycles. The van der Waals surface area contributed by atoms with Gasteiger partial charge in [0.15, 0.2) is 0 Å². The number of hydrogen-bond acceptors (Lipinski definition) is 7. The minimum Gasteiger partial charge on any atom is -0.497 e. The molecule has 0 atom stereocenters. The number of methoxy groups -OCH3 is 1. The molecule has 3 rings (SSSR count). The number of anilines is 1. The largest absolute Gasteiger partial charge is 0.497 e. The van der Waals surface area contributed by atoms with Gasteiger partial charge in [0.2, 0.25) is 5.91 Å². The SMILES string of the molecule is COc1ccc2c(C)c(CCC(=O)NCCNc3ncccc3C#N)c(=O)oc2c1. The van der Waals surface area contributed by atoms with Gasteiger partial charge in [0.05, 0.1) is 12.7 Å². The second kappa shape index (κ2) is 9.56. The summed E-state index contributed by atoms with van der Waals surface area (Å²) < 4.78 is 10.6. The van der Waals surface area contributed by atoms with Gasteiger partial charge in [0.25, 0.3) is 0 Å². The van der Waals surface area contributed by atoms with Gasteiger partial charge in [0.1, 0.15) is 23.2 Å². The Bertz CT molecular complexity index is 1160. The Labute approximate surface area is 173 Å². The maximum Gasteiger partial charge on any atom is 0.339 e. The predicted octanol–water partition coefficient (Wildman–Crippen LogP) is 2.54. The molecule has 0 saturated heterocycles. The highest BCUT2D eigenvalue weighted by atomic mass is 16.5. The minimum atomic E-state index is -0.443. The molecule has 0 bridgehead atoms. The first kappa shape index (κ1) is 20.9. The zero-order valence-electron chi connectivity index (χ0n) is 16.8. The summed E-state index contributed by atoms with van der Waals surface area (Å²) in [5.74, 6) is 0.917. The van der Waals surface area contributed by atoms with E-state index in [9.17, 15) is 9.59 Å². The van der Waals surface area contributed by atoms with Crippen molar-refractivity contribution in [3.8, 4) is 11.8 Å². The third-order valence-corrected chi connectivity index (χ3v) is 4.76. The average Bonchev–Trinajstić information content (AvgIpc) is 2.76. The Hall–Kier alpha value is -3.86. The van der Waals surface area contributed by atoms with Crippen molar-refractivity contribution in [1.29, 1.82) is 5.26 Å². The van der Waals surface area contributed by atoms with Crippen molar-refractivity contribution in [3.05, 3.63) is 63.6 Å². The van der Waals surface area contributed by atoms with Crippen LogP contribution >= 0.6 is 0 Å². The molecular formula is C22H22N4O4. The number of aromatic nitrogens is 1. The number of carbonyl (C=O) groups excluding carboxylic acids is 1. The summed E-state index contributed by atoms with van der Waals surface area (Å²) in [6, 6.07) is 10.7. The molecule has 30 heavy (non-hydrogen) atoms. The molecule has 8 nitrogen and oxygen atoms in total. The number of carbonyl (C=O) groups is 1. The van der Waals surface area contributed by atoms with Crippen molar-refractivity contribution in [2.75, 3.05) is 25.5 Å². The van der Waals surface area contributed by atoms with E-state index in [2.05, 4.69) is 21.7 Å². The maximum atomic E-state index is 12.4. The van der Waals surface area contributed by atoms with Gasteiger partial charge in [-0.1, -0.05) is 0 Å². The van der Waals surface area contributed by atoms with E-state index in [0.29, 0.717) is 41.4 Å². The molecule has 0 spiro atoms. The van der Waals surface area contributed by atoms with Crippen LogP contribution in [0, 0.1) is 18.3 Å². The van der Waals surface area contributed by atoms with E-state index in [4.69, 9.17) is 14.4 Å². The number of pyridine rings is 1. The lowest BCUT2D eigenvalue weighted by molar-refractivity contribution is -0.120. The van der Waals surface area contributed by atoms with Gasteiger partial charge in [0, 0.05) is 42.7 Å². The van der Waals surface area contributed by atoms with Crippen molar-refractivity contribution in [3.63, 3.8) is 0 Å². The Kier molecular flexibility index (Phi) is 6.65. The number of aryl methyl sites for hydroxylation is 1. The molecule has 2 N–H and O–H groups in total. The smallest absolute Gasteiger partial charge is 0.339 e. The van der Waals surface area contributed by atoms with Gasteiger partial charge in [-0.25, -0.2) is 9.78 Å². The molecule has 154 valence electrons. The first-order valence-corrected chi connectivity index (χ1v) is 9.49. The lowest BCUT2D eigenvalue weighted by Crippen LogP contribution is -2.29. The molecule has 0 saturated carbocycles. The van der Waals surface area contributed by atoms with Crippen molar-refractivity contribution < 1.29 is 13.9 Å². The summed E-state index contributed by atoms with van der Waals surface area (Å²) >= 11 is 0. The van der Waals surface area contributed by atoms with Crippen LogP contribution in [0.4, 0.5) is 5.82 Å². The zero-order chi connectivity index (χ0) is 21.5. The van der Waals surface area contributed by atoms with Crippen molar-refractivity contribution >= 4 is 22.7 Å². The number of amides is 1. The molecule has 8 heteroatoms. The van der Waals surface area contributed by atoms with Crippen LogP contribution in [0.3, 0.4) is 0 Å². The average molecular weight is 406 g/mol. The number of nitrogens with zero attached hydrogens (tertiary/aromatic N) is 2. The van der Waals surface area contributed by atoms with Crippen LogP contribution in [-0.2, 0) is 11.2 Å². The summed E-state index contributed by atoms with van der Waals surface area (Å²) in [5.41, 5.74) is 1.76. The van der Waals surface area contributed by atoms with Gasteiger partial charge in [-0.3, -0.25) is 4.79 Å². The van der Waals surface area contributed by atoms with E-state index < -0.39 is 5.63 Å². The summed E-state index contributed by atoms with van der Waals surface area (Å²) in [4.78, 5) is 28.6. The number of benzene rings is 1. The molecule has 0 fully saturated rings. The normalized spacial score (nSPS) is 10.4. The van der Waals surface area contributed by atoms with Crippen molar-refractivity contribution in [1.82, 2.24) is 10.3 Å². The van der Waals surface area contributed by atoms with Crippen LogP contribution in [-0.4, -0.2) is 31.1 Å². The van der Waals surface area contributed by atoms with Crippen molar-refractivity contribution in [2.45, 2.75) is 19.8 Å². The van der Waals surface area contributed by atoms with Gasteiger partial charge in [-0.2, -0.15) is 5.26 Å². The fourth-order valence-corrected chi connectivity index (χ4v) is 3.14. The van der Waals surface area contributed by atoms with Gasteiger partial charge in [-0.05, 0) is 43.2 Å². The molecular weight excluding hydrogens is 384 g/mol. The van der Waals surface area contributed by atoms with Crippen LogP contribution in [0.1, 0.15) is 23.1 Å². The third kappa shape index (κ3) is 4.75. The van der Waals surface area contributed by atoms with Crippen LogP contribution in [0.15, 0.2) is 45.7 Å². The van der Waals surface area contributed by atoms with Gasteiger partial charge < -0.3 is 19.8 Å². The Morgan fingerprint density at radius 3 is 2.90 bits per heavy atom. The van der Waals surface area contributed by atoms with E-state index in [1.807, 2.05) is 13.0 Å². The molecule has 0 radical (unpaired) electrons. The molecule has 0 aliphatic carbocycles. The molecule has 3 aromatic rings. The van der Waals surface area contributed by atoms with E-state index >= 15 is 0 Å². The Balaban J connectivity index is 1.55. The first-order valence-electron chi connectivity index (χ1n) is 9.49. The lowest BCUT2D eigenvalue weighted by Gasteiger charge is -2.10. The van der Waals surface area contributed by atoms with Crippen molar-refractivity contribution in [2.24, 2.45) is 0 Å². The highest BCUT2D eigenvalue weighted by Gasteiger charge is 2.13. The number of fused-ring (bicyclic) bond motifs is 1. The standard InChI is InChI=1S/C22H22N4O4/c1-14-17-6-5-16(29-2)12-19(17)30-22(28)18(14)7-8-20(27)24-10-11-26-21-15(13-23)4-3-9-25-21/h3-6,9,12H,7-8,10-11H2,1-2H3,(H,24,27)(H,25,26). The van der Waals surface area contributed by atoms with Crippen LogP contribution in [0.5, 0.6) is 5.75 Å². The van der Waals surface area contributed by atoms with Gasteiger partial charge >= 0.3 is 5.63 Å². The summed E-state index contributed by atoms with van der Waals surface area (Å²) in [7, 11) is 1.55. The Morgan fingerprint density at radius 2 is 2.13 bits per heavy atom. The van der Waals surface area contributed by atoms with Crippen LogP contribution in [0.25, 0.3) is 11.0 Å². The number of rotatable bonds is 8. The van der Waals surface area contributed by atoms with Crippen LogP contribution in [0.2, 0.25) is 0 Å². The zero-order valence-corrected chi connectivity index (χ0v) is 16.8. The topological polar surface area (TPSA) is 117 Å². The van der Waals surface area contributed by atoms with Gasteiger partial charge in [-0.15, -0.1) is 0 Å². The Morgan fingerprint density at radius 1 is 1.30 bits per heavy atom. The quantitative estimate of drug-likeness (QED) is 0.436. The highest BCUT2D eigenvalue weighted by molar-refractivity contribution is 5.82. The van der Waals surface area contributed by atoms with E-state index in [1.54, 1.807) is 37.6 Å². The predicted molar refractivity (Wildman–Crippen MR) is 113 cm³/mol. The number of hydrogen-bond donors (Lipinski definition) is 2. The fraction of sp³-hybridized carbons (Fsp3) is 0.273. The second-order valence-electron chi connectivity index (χ2n) is 6.64. The summed E-state index contributed by atoms with van der Waals surface area (Å²) in [5, 5.41) is 15.7. The molecule has 2 heterocycles. The lowest BCUT2D eigenvalue weighted by atomic mass is 10.0. The number of ether oxygens (including phenoxy) is 1. The van der Waals surface area contributed by atoms with E-state index in [-0.39, 0.29) is 18.7 Å². The number of nitrogens with one attached hydrogen (secondary N) is 2. The molecule has 1 aromatic carbocycles. The highest BCUT2D eigenvalue weighted by Crippen LogP contribution is 2.24. The molecule has 0 unspecified atom stereocenters. The molecule has 2 aromatic heterocycles. The number of nitriles is 1. The molecule has 1 amide bonds. The first-order chi connectivity index (χ1) is 14.5. The second-order valence-corrected chi connectivity index (χ2v) is 6.64. The summed E-state index contributed by atoms with van der Waals surface area (Å²) in [6.07, 6.45) is 2.05.